The highest BCUT2D eigenvalue weighted by atomic mass is 16.5. The van der Waals surface area contributed by atoms with Gasteiger partial charge in [0.1, 0.15) is 17.4 Å². The van der Waals surface area contributed by atoms with E-state index in [0.717, 1.165) is 10.8 Å². The first-order chi connectivity index (χ1) is 21.9. The summed E-state index contributed by atoms with van der Waals surface area (Å²) in [5.41, 5.74) is -1.10. The van der Waals surface area contributed by atoms with Crippen molar-refractivity contribution in [3.63, 3.8) is 0 Å². The molecule has 232 valence electrons. The Labute approximate surface area is 262 Å². The standard InChI is InChI=1S/C36H37N3O6/c1-3-35-17-7-19-37(26-13-15-28(16-14-26)44-4-2)32(41)29(35)30-33(42)39(21-22-40)31-34(43)38(20-8-18-36(30,31)45-35)27-12-11-24-9-5-6-10-25(24)23-27/h5-18,23,29-31,40H,3-4,19-22H2,1-2H3/t29-,30-,31?,35+,36-/m0/s1. The first-order valence-corrected chi connectivity index (χ1v) is 15.7. The van der Waals surface area contributed by atoms with Crippen molar-refractivity contribution < 1.29 is 29.0 Å². The average molecular weight is 608 g/mol. The summed E-state index contributed by atoms with van der Waals surface area (Å²) in [5.74, 6) is -2.02. The van der Waals surface area contributed by atoms with Gasteiger partial charge in [0.15, 0.2) is 0 Å². The molecule has 0 radical (unpaired) electrons. The minimum absolute atomic E-state index is 0.0469. The molecule has 1 N–H and O–H groups in total. The molecule has 7 rings (SSSR count). The van der Waals surface area contributed by atoms with Gasteiger partial charge >= 0.3 is 0 Å². The van der Waals surface area contributed by atoms with Gasteiger partial charge in [-0.3, -0.25) is 14.4 Å². The number of amides is 3. The van der Waals surface area contributed by atoms with Crippen molar-refractivity contribution in [2.75, 3.05) is 42.6 Å². The number of rotatable bonds is 7. The molecule has 2 saturated heterocycles. The van der Waals surface area contributed by atoms with Crippen LogP contribution in [0.15, 0.2) is 91.0 Å². The van der Waals surface area contributed by atoms with Crippen LogP contribution in [0.1, 0.15) is 20.3 Å². The summed E-state index contributed by atoms with van der Waals surface area (Å²) >= 11 is 0. The number of aliphatic hydroxyl groups excluding tert-OH is 1. The fourth-order valence-corrected chi connectivity index (χ4v) is 7.81. The molecular weight excluding hydrogens is 570 g/mol. The number of aliphatic hydroxyl groups is 1. The maximum Gasteiger partial charge on any atom is 0.253 e. The fourth-order valence-electron chi connectivity index (χ4n) is 7.81. The van der Waals surface area contributed by atoms with Crippen LogP contribution >= 0.6 is 0 Å². The quantitative estimate of drug-likeness (QED) is 0.406. The summed E-state index contributed by atoms with van der Waals surface area (Å²) in [6.07, 6.45) is 7.99. The van der Waals surface area contributed by atoms with E-state index in [9.17, 15) is 19.5 Å². The molecule has 3 aromatic carbocycles. The zero-order valence-electron chi connectivity index (χ0n) is 25.5. The Kier molecular flexibility index (Phi) is 7.25. The molecule has 0 bridgehead atoms. The number of β-amino-alcohol motifs (C(OH)–C–C–N with tert-alkyl or cyclic N) is 1. The lowest BCUT2D eigenvalue weighted by molar-refractivity contribution is -0.146. The number of nitrogens with zero attached hydrogens (tertiary/aromatic N) is 3. The number of ether oxygens (including phenoxy) is 2. The zero-order valence-corrected chi connectivity index (χ0v) is 25.5. The van der Waals surface area contributed by atoms with Crippen LogP contribution in [-0.2, 0) is 19.1 Å². The van der Waals surface area contributed by atoms with Gasteiger partial charge in [0.05, 0.1) is 30.7 Å². The van der Waals surface area contributed by atoms with Crippen molar-refractivity contribution >= 4 is 39.9 Å². The first kappa shape index (κ1) is 29.3. The Morgan fingerprint density at radius 3 is 2.22 bits per heavy atom. The highest BCUT2D eigenvalue weighted by molar-refractivity contribution is 6.08. The molecule has 9 heteroatoms. The molecule has 0 aliphatic carbocycles. The molecule has 3 aromatic rings. The molecular formula is C36H37N3O6. The zero-order chi connectivity index (χ0) is 31.3. The van der Waals surface area contributed by atoms with Crippen LogP contribution in [0.3, 0.4) is 0 Å². The third kappa shape index (κ3) is 4.40. The molecule has 9 nitrogen and oxygen atoms in total. The van der Waals surface area contributed by atoms with Gasteiger partial charge in [-0.2, -0.15) is 0 Å². The molecule has 1 unspecified atom stereocenters. The summed E-state index contributed by atoms with van der Waals surface area (Å²) in [5, 5.41) is 12.1. The van der Waals surface area contributed by atoms with Crippen LogP contribution in [0.25, 0.3) is 10.8 Å². The molecule has 0 saturated carbocycles. The fraction of sp³-hybridized carbons (Fsp3) is 0.361. The number of likely N-dealkylation sites (tertiary alicyclic amines) is 1. The summed E-state index contributed by atoms with van der Waals surface area (Å²) in [6.45, 7) is 4.61. The predicted octanol–water partition coefficient (Wildman–Crippen LogP) is 4.10. The van der Waals surface area contributed by atoms with Gasteiger partial charge in [0.2, 0.25) is 11.8 Å². The SMILES string of the molecule is CCOc1ccc(N2CC=C[C@@]3(CC)O[C@]45C=CCN(c6ccc7ccccc7c6)C(=O)C4N(CCO)C(=O)[C@@H]5[C@H]3C2=O)cc1. The first-order valence-electron chi connectivity index (χ1n) is 15.7. The summed E-state index contributed by atoms with van der Waals surface area (Å²) in [4.78, 5) is 48.5. The van der Waals surface area contributed by atoms with Crippen molar-refractivity contribution in [2.24, 2.45) is 11.8 Å². The third-order valence-corrected chi connectivity index (χ3v) is 9.78. The molecule has 2 fully saturated rings. The molecule has 4 heterocycles. The highest BCUT2D eigenvalue weighted by Gasteiger charge is 2.75. The minimum Gasteiger partial charge on any atom is -0.494 e. The van der Waals surface area contributed by atoms with E-state index >= 15 is 0 Å². The number of fused-ring (bicyclic) bond motifs is 3. The van der Waals surface area contributed by atoms with Gasteiger partial charge in [-0.05, 0) is 60.5 Å². The number of carbonyl (C=O) groups excluding carboxylic acids is 3. The van der Waals surface area contributed by atoms with Gasteiger partial charge in [-0.15, -0.1) is 0 Å². The van der Waals surface area contributed by atoms with Gasteiger partial charge in [0.25, 0.3) is 5.91 Å². The summed E-state index contributed by atoms with van der Waals surface area (Å²) in [6, 6.07) is 20.1. The smallest absolute Gasteiger partial charge is 0.253 e. The minimum atomic E-state index is -1.39. The Bertz CT molecular complexity index is 1720. The van der Waals surface area contributed by atoms with Crippen LogP contribution in [0.2, 0.25) is 0 Å². The number of benzene rings is 3. The monoisotopic (exact) mass is 607 g/mol. The normalized spacial score (nSPS) is 29.1. The Morgan fingerprint density at radius 1 is 0.822 bits per heavy atom. The van der Waals surface area contributed by atoms with Crippen LogP contribution < -0.4 is 14.5 Å². The lowest BCUT2D eigenvalue weighted by atomic mass is 9.73. The van der Waals surface area contributed by atoms with Crippen molar-refractivity contribution in [2.45, 2.75) is 37.5 Å². The van der Waals surface area contributed by atoms with E-state index in [-0.39, 0.29) is 37.4 Å². The molecule has 45 heavy (non-hydrogen) atoms. The lowest BCUT2D eigenvalue weighted by Gasteiger charge is -2.38. The van der Waals surface area contributed by atoms with Gasteiger partial charge < -0.3 is 29.3 Å². The van der Waals surface area contributed by atoms with E-state index in [4.69, 9.17) is 9.47 Å². The molecule has 4 aliphatic heterocycles. The second kappa shape index (κ2) is 11.2. The maximum atomic E-state index is 14.7. The molecule has 3 amide bonds. The van der Waals surface area contributed by atoms with E-state index in [1.165, 1.54) is 4.90 Å². The van der Waals surface area contributed by atoms with Gasteiger partial charge in [-0.1, -0.05) is 61.6 Å². The van der Waals surface area contributed by atoms with Crippen LogP contribution in [0.4, 0.5) is 11.4 Å². The second-order valence-electron chi connectivity index (χ2n) is 12.0. The lowest BCUT2D eigenvalue weighted by Crippen LogP contribution is -2.56. The maximum absolute atomic E-state index is 14.7. The van der Waals surface area contributed by atoms with Crippen LogP contribution in [0, 0.1) is 11.8 Å². The Morgan fingerprint density at radius 2 is 1.51 bits per heavy atom. The van der Waals surface area contributed by atoms with E-state index in [0.29, 0.717) is 36.7 Å². The second-order valence-corrected chi connectivity index (χ2v) is 12.0. The van der Waals surface area contributed by atoms with Crippen molar-refractivity contribution in [3.05, 3.63) is 91.0 Å². The van der Waals surface area contributed by atoms with Crippen LogP contribution in [0.5, 0.6) is 5.75 Å². The van der Waals surface area contributed by atoms with Crippen molar-refractivity contribution in [1.29, 1.82) is 0 Å². The summed E-state index contributed by atoms with van der Waals surface area (Å²) < 4.78 is 12.6. The van der Waals surface area contributed by atoms with Crippen LogP contribution in [-0.4, -0.2) is 77.8 Å². The van der Waals surface area contributed by atoms with E-state index in [1.54, 1.807) is 9.80 Å². The largest absolute Gasteiger partial charge is 0.494 e. The van der Waals surface area contributed by atoms with Gasteiger partial charge in [0, 0.05) is 31.0 Å². The van der Waals surface area contributed by atoms with E-state index < -0.39 is 29.1 Å². The van der Waals surface area contributed by atoms with Crippen molar-refractivity contribution in [3.8, 4) is 5.75 Å². The van der Waals surface area contributed by atoms with E-state index in [2.05, 4.69) is 0 Å². The van der Waals surface area contributed by atoms with E-state index in [1.807, 2.05) is 105 Å². The Balaban J connectivity index is 1.31. The molecule has 5 atom stereocenters. The predicted molar refractivity (Wildman–Crippen MR) is 171 cm³/mol. The average Bonchev–Trinajstić information content (AvgIpc) is 3.33. The number of carbonyl (C=O) groups is 3. The van der Waals surface area contributed by atoms with Gasteiger partial charge in [-0.25, -0.2) is 0 Å². The topological polar surface area (TPSA) is 99.6 Å². The van der Waals surface area contributed by atoms with Crippen molar-refractivity contribution in [1.82, 2.24) is 4.90 Å². The molecule has 0 aromatic heterocycles. The Hall–Kier alpha value is -4.47. The molecule has 4 aliphatic rings. The number of hydrogen-bond donors (Lipinski definition) is 1. The third-order valence-electron chi connectivity index (χ3n) is 9.78. The highest BCUT2D eigenvalue weighted by Crippen LogP contribution is 2.58. The molecule has 1 spiro atoms. The number of hydrogen-bond acceptors (Lipinski definition) is 6. The number of anilines is 2. The summed E-state index contributed by atoms with van der Waals surface area (Å²) in [7, 11) is 0.